The fraction of sp³-hybridized carbons (Fsp3) is 0.273. The molecule has 27 heavy (non-hydrogen) atoms. The van der Waals surface area contributed by atoms with Crippen LogP contribution in [0.3, 0.4) is 0 Å². The Balaban J connectivity index is 1.38. The lowest BCUT2D eigenvalue weighted by molar-refractivity contribution is 0.332. The van der Waals surface area contributed by atoms with Gasteiger partial charge in [0.05, 0.1) is 6.54 Å². The zero-order chi connectivity index (χ0) is 18.5. The number of aromatic nitrogens is 2. The van der Waals surface area contributed by atoms with Gasteiger partial charge in [-0.15, -0.1) is 0 Å². The smallest absolute Gasteiger partial charge is 0.227 e. The molecule has 3 aromatic rings. The van der Waals surface area contributed by atoms with Gasteiger partial charge in [0.15, 0.2) is 0 Å². The van der Waals surface area contributed by atoms with Gasteiger partial charge in [-0.05, 0) is 36.6 Å². The second-order valence-electron chi connectivity index (χ2n) is 6.73. The normalized spacial score (nSPS) is 13.1. The first-order valence-corrected chi connectivity index (χ1v) is 9.37. The summed E-state index contributed by atoms with van der Waals surface area (Å²) < 4.78 is 5.74. The summed E-state index contributed by atoms with van der Waals surface area (Å²) in [4.78, 5) is 11.6. The molecule has 2 aromatic carbocycles. The van der Waals surface area contributed by atoms with Gasteiger partial charge in [-0.2, -0.15) is 4.98 Å². The highest BCUT2D eigenvalue weighted by Crippen LogP contribution is 2.23. The van der Waals surface area contributed by atoms with Gasteiger partial charge in [0, 0.05) is 24.8 Å². The molecule has 0 saturated heterocycles. The Morgan fingerprint density at radius 3 is 2.67 bits per heavy atom. The number of ether oxygens (including phenoxy) is 1. The number of benzene rings is 2. The van der Waals surface area contributed by atoms with Gasteiger partial charge < -0.3 is 15.0 Å². The first kappa shape index (κ1) is 17.3. The van der Waals surface area contributed by atoms with Crippen molar-refractivity contribution in [2.45, 2.75) is 19.9 Å². The Labute approximate surface area is 160 Å². The van der Waals surface area contributed by atoms with E-state index >= 15 is 0 Å². The van der Waals surface area contributed by atoms with Crippen LogP contribution in [0.5, 0.6) is 5.75 Å². The molecular weight excluding hydrogens is 336 g/mol. The van der Waals surface area contributed by atoms with Crippen LogP contribution in [-0.4, -0.2) is 29.7 Å². The van der Waals surface area contributed by atoms with Crippen molar-refractivity contribution < 1.29 is 4.74 Å². The van der Waals surface area contributed by atoms with E-state index in [0.717, 1.165) is 42.6 Å². The first-order valence-electron chi connectivity index (χ1n) is 9.37. The average molecular weight is 360 g/mol. The Kier molecular flexibility index (Phi) is 5.19. The fourth-order valence-corrected chi connectivity index (χ4v) is 3.29. The molecule has 4 rings (SSSR count). The van der Waals surface area contributed by atoms with Gasteiger partial charge in [0.1, 0.15) is 18.2 Å². The van der Waals surface area contributed by atoms with Gasteiger partial charge in [0.25, 0.3) is 0 Å². The van der Waals surface area contributed by atoms with Crippen LogP contribution in [0.25, 0.3) is 0 Å². The van der Waals surface area contributed by atoms with Crippen LogP contribution in [0.4, 0.5) is 11.8 Å². The zero-order valence-corrected chi connectivity index (χ0v) is 15.6. The van der Waals surface area contributed by atoms with E-state index < -0.39 is 0 Å². The SMILES string of the molecule is Cc1cnc(N2CCc3ccccc3C2)nc1NCCOc1ccccc1. The van der Waals surface area contributed by atoms with Gasteiger partial charge in [-0.25, -0.2) is 4.98 Å². The van der Waals surface area contributed by atoms with Crippen molar-refractivity contribution in [1.29, 1.82) is 0 Å². The van der Waals surface area contributed by atoms with Gasteiger partial charge in [-0.3, -0.25) is 0 Å². The number of anilines is 2. The summed E-state index contributed by atoms with van der Waals surface area (Å²) in [7, 11) is 0. The lowest BCUT2D eigenvalue weighted by Gasteiger charge is -2.29. The van der Waals surface area contributed by atoms with E-state index in [2.05, 4.69) is 39.5 Å². The van der Waals surface area contributed by atoms with Crippen molar-refractivity contribution >= 4 is 11.8 Å². The molecule has 0 unspecified atom stereocenters. The Morgan fingerprint density at radius 1 is 1.04 bits per heavy atom. The maximum atomic E-state index is 5.74. The Hall–Kier alpha value is -3.08. The number of nitrogens with zero attached hydrogens (tertiary/aromatic N) is 3. The van der Waals surface area contributed by atoms with E-state index in [-0.39, 0.29) is 0 Å². The number of fused-ring (bicyclic) bond motifs is 1. The molecule has 138 valence electrons. The predicted molar refractivity (Wildman–Crippen MR) is 108 cm³/mol. The Bertz CT molecular complexity index is 898. The van der Waals surface area contributed by atoms with E-state index in [1.54, 1.807) is 0 Å². The molecule has 5 heteroatoms. The maximum absolute atomic E-state index is 5.74. The highest BCUT2D eigenvalue weighted by atomic mass is 16.5. The summed E-state index contributed by atoms with van der Waals surface area (Å²) in [6.07, 6.45) is 2.92. The third-order valence-electron chi connectivity index (χ3n) is 4.78. The van der Waals surface area contributed by atoms with Crippen LogP contribution in [-0.2, 0) is 13.0 Å². The molecule has 0 aliphatic carbocycles. The molecule has 2 heterocycles. The first-order chi connectivity index (χ1) is 13.3. The summed E-state index contributed by atoms with van der Waals surface area (Å²) in [5.74, 6) is 2.53. The van der Waals surface area contributed by atoms with Crippen LogP contribution in [0.1, 0.15) is 16.7 Å². The molecule has 1 N–H and O–H groups in total. The zero-order valence-electron chi connectivity index (χ0n) is 15.6. The number of para-hydroxylation sites is 1. The number of hydrogen-bond donors (Lipinski definition) is 1. The minimum atomic E-state index is 0.583. The van der Waals surface area contributed by atoms with E-state index in [9.17, 15) is 0 Å². The number of hydrogen-bond acceptors (Lipinski definition) is 5. The third kappa shape index (κ3) is 4.19. The highest BCUT2D eigenvalue weighted by molar-refractivity contribution is 5.49. The van der Waals surface area contributed by atoms with Crippen molar-refractivity contribution in [3.05, 3.63) is 77.5 Å². The molecule has 0 fully saturated rings. The van der Waals surface area contributed by atoms with Crippen molar-refractivity contribution in [2.75, 3.05) is 29.9 Å². The maximum Gasteiger partial charge on any atom is 0.227 e. The molecule has 0 amide bonds. The second kappa shape index (κ2) is 8.08. The quantitative estimate of drug-likeness (QED) is 0.677. The Morgan fingerprint density at radius 2 is 1.81 bits per heavy atom. The molecule has 5 nitrogen and oxygen atoms in total. The molecule has 1 aromatic heterocycles. The summed E-state index contributed by atoms with van der Waals surface area (Å²) in [6.45, 7) is 5.09. The predicted octanol–water partition coefficient (Wildman–Crippen LogP) is 3.84. The molecule has 1 aliphatic heterocycles. The molecule has 0 saturated carbocycles. The monoisotopic (exact) mass is 360 g/mol. The van der Waals surface area contributed by atoms with Gasteiger partial charge >= 0.3 is 0 Å². The van der Waals surface area contributed by atoms with Crippen LogP contribution >= 0.6 is 0 Å². The third-order valence-corrected chi connectivity index (χ3v) is 4.78. The van der Waals surface area contributed by atoms with Crippen LogP contribution < -0.4 is 15.0 Å². The van der Waals surface area contributed by atoms with Crippen molar-refractivity contribution in [2.24, 2.45) is 0 Å². The highest BCUT2D eigenvalue weighted by Gasteiger charge is 2.18. The van der Waals surface area contributed by atoms with E-state index in [1.165, 1.54) is 11.1 Å². The number of rotatable bonds is 6. The van der Waals surface area contributed by atoms with Crippen molar-refractivity contribution in [1.82, 2.24) is 9.97 Å². The van der Waals surface area contributed by atoms with E-state index in [4.69, 9.17) is 9.72 Å². The van der Waals surface area contributed by atoms with Crippen molar-refractivity contribution in [3.8, 4) is 5.75 Å². The summed E-state index contributed by atoms with van der Waals surface area (Å²) >= 11 is 0. The summed E-state index contributed by atoms with van der Waals surface area (Å²) in [5.41, 5.74) is 3.83. The fourth-order valence-electron chi connectivity index (χ4n) is 3.29. The number of nitrogens with one attached hydrogen (secondary N) is 1. The van der Waals surface area contributed by atoms with Gasteiger partial charge in [0.2, 0.25) is 5.95 Å². The minimum Gasteiger partial charge on any atom is -0.492 e. The molecule has 0 bridgehead atoms. The summed E-state index contributed by atoms with van der Waals surface area (Å²) in [6, 6.07) is 18.5. The molecule has 0 atom stereocenters. The van der Waals surface area contributed by atoms with Crippen LogP contribution in [0.2, 0.25) is 0 Å². The van der Waals surface area contributed by atoms with Crippen molar-refractivity contribution in [3.63, 3.8) is 0 Å². The second-order valence-corrected chi connectivity index (χ2v) is 6.73. The van der Waals surface area contributed by atoms with Gasteiger partial charge in [-0.1, -0.05) is 42.5 Å². The average Bonchev–Trinajstić information content (AvgIpc) is 2.73. The largest absolute Gasteiger partial charge is 0.492 e. The van der Waals surface area contributed by atoms with E-state index in [0.29, 0.717) is 13.2 Å². The topological polar surface area (TPSA) is 50.3 Å². The molecule has 1 aliphatic rings. The summed E-state index contributed by atoms with van der Waals surface area (Å²) in [5, 5.41) is 3.38. The lowest BCUT2D eigenvalue weighted by Crippen LogP contribution is -2.32. The minimum absolute atomic E-state index is 0.583. The van der Waals surface area contributed by atoms with E-state index in [1.807, 2.05) is 43.5 Å². The standard InChI is InChI=1S/C22H24N4O/c1-17-15-24-22(26-13-11-18-7-5-6-8-19(18)16-26)25-21(17)23-12-14-27-20-9-3-2-4-10-20/h2-10,15H,11-14,16H2,1H3,(H,23,24,25). The number of aryl methyl sites for hydroxylation is 1. The molecule has 0 radical (unpaired) electrons. The van der Waals surface area contributed by atoms with Crippen LogP contribution in [0, 0.1) is 6.92 Å². The molecular formula is C22H24N4O. The lowest BCUT2D eigenvalue weighted by atomic mass is 10.0. The molecule has 0 spiro atoms. The van der Waals surface area contributed by atoms with Crippen LogP contribution in [0.15, 0.2) is 60.8 Å².